The quantitative estimate of drug-likeness (QED) is 0.210. The number of benzene rings is 2. The average Bonchev–Trinajstić information content (AvgIpc) is 3.57. The summed E-state index contributed by atoms with van der Waals surface area (Å²) in [6, 6.07) is 19.3. The molecule has 2 aromatic carbocycles. The molecule has 0 spiro atoms. The number of carboxylic acid groups (broad SMARTS) is 1. The lowest BCUT2D eigenvalue weighted by Gasteiger charge is -2.37. The zero-order valence-electron chi connectivity index (χ0n) is 23.1. The molecule has 10 heteroatoms. The summed E-state index contributed by atoms with van der Waals surface area (Å²) in [7, 11) is 0. The Morgan fingerprint density at radius 2 is 1.81 bits per heavy atom. The van der Waals surface area contributed by atoms with E-state index in [2.05, 4.69) is 35.1 Å². The molecule has 4 heterocycles. The fraction of sp³-hybridized carbons (Fsp3) is 0.281. The van der Waals surface area contributed by atoms with Crippen molar-refractivity contribution < 1.29 is 14.3 Å². The third-order valence-corrected chi connectivity index (χ3v) is 8.86. The molecule has 7 nitrogen and oxygen atoms in total. The normalized spacial score (nSPS) is 22.3. The second kappa shape index (κ2) is 11.6. The van der Waals surface area contributed by atoms with Crippen molar-refractivity contribution in [1.82, 2.24) is 10.3 Å². The molecule has 42 heavy (non-hydrogen) atoms. The van der Waals surface area contributed by atoms with E-state index in [9.17, 15) is 9.90 Å². The van der Waals surface area contributed by atoms with E-state index in [1.54, 1.807) is 18.3 Å². The molecule has 4 aromatic rings. The van der Waals surface area contributed by atoms with E-state index in [0.717, 1.165) is 30.2 Å². The lowest BCUT2D eigenvalue weighted by molar-refractivity contribution is 0.0697. The summed E-state index contributed by atoms with van der Waals surface area (Å²) in [5.41, 5.74) is 3.26. The molecule has 0 saturated carbocycles. The van der Waals surface area contributed by atoms with Gasteiger partial charge >= 0.3 is 5.97 Å². The van der Waals surface area contributed by atoms with Gasteiger partial charge in [0.2, 0.25) is 0 Å². The first-order valence-corrected chi connectivity index (χ1v) is 15.0. The summed E-state index contributed by atoms with van der Waals surface area (Å²) in [5.74, 6) is 1.23. The number of carbonyl (C=O) groups is 1. The first kappa shape index (κ1) is 28.5. The standard InChI is InChI=1S/C32H30Cl2N4O3S/c1-18-13-19(2)17-37(16-18)26-9-7-21(15-24(26)34)38-30(29(36-32(38)42)25-5-3-4-12-35-25)28-11-10-27(41-28)22-14-20(31(39)40)6-8-23(22)33/h3-12,14-15,18-19,29-30H,13,16-17H2,1-2H3,(H,36,42)(H,39,40)/t18-,19+,29-,30-/m0/s1. The van der Waals surface area contributed by atoms with Gasteiger partial charge in [0.1, 0.15) is 17.6 Å². The summed E-state index contributed by atoms with van der Waals surface area (Å²) in [5, 5.41) is 14.5. The van der Waals surface area contributed by atoms with Crippen LogP contribution in [-0.2, 0) is 0 Å². The van der Waals surface area contributed by atoms with E-state index in [1.165, 1.54) is 18.6 Å². The van der Waals surface area contributed by atoms with E-state index in [-0.39, 0.29) is 11.6 Å². The highest BCUT2D eigenvalue weighted by Gasteiger charge is 2.43. The van der Waals surface area contributed by atoms with Crippen LogP contribution in [0.2, 0.25) is 10.0 Å². The van der Waals surface area contributed by atoms with Crippen LogP contribution >= 0.6 is 35.4 Å². The highest BCUT2D eigenvalue weighted by molar-refractivity contribution is 7.80. The molecule has 0 unspecified atom stereocenters. The van der Waals surface area contributed by atoms with Crippen molar-refractivity contribution in [1.29, 1.82) is 0 Å². The number of carboxylic acids is 1. The Morgan fingerprint density at radius 3 is 2.50 bits per heavy atom. The average molecular weight is 622 g/mol. The van der Waals surface area contributed by atoms with Gasteiger partial charge in [-0.15, -0.1) is 0 Å². The second-order valence-electron chi connectivity index (χ2n) is 11.2. The van der Waals surface area contributed by atoms with Gasteiger partial charge in [-0.3, -0.25) is 4.98 Å². The van der Waals surface area contributed by atoms with Crippen LogP contribution in [0.15, 0.2) is 77.3 Å². The molecule has 0 bridgehead atoms. The van der Waals surface area contributed by atoms with Crippen molar-refractivity contribution in [2.24, 2.45) is 11.8 Å². The van der Waals surface area contributed by atoms with E-state index < -0.39 is 12.0 Å². The van der Waals surface area contributed by atoms with Gasteiger partial charge in [-0.25, -0.2) is 4.79 Å². The minimum absolute atomic E-state index is 0.122. The molecule has 6 rings (SSSR count). The number of hydrogen-bond donors (Lipinski definition) is 2. The number of halogens is 2. The number of thiocarbonyl (C=S) groups is 1. The molecule has 2 fully saturated rings. The topological polar surface area (TPSA) is 81.8 Å². The van der Waals surface area contributed by atoms with Gasteiger partial charge in [-0.05, 0) is 91.1 Å². The molecule has 0 radical (unpaired) electrons. The van der Waals surface area contributed by atoms with Crippen molar-refractivity contribution in [2.45, 2.75) is 32.4 Å². The first-order chi connectivity index (χ1) is 20.2. The van der Waals surface area contributed by atoms with E-state index in [1.807, 2.05) is 41.3 Å². The lowest BCUT2D eigenvalue weighted by atomic mass is 9.91. The number of pyridine rings is 1. The Hall–Kier alpha value is -3.59. The number of rotatable bonds is 6. The molecule has 2 N–H and O–H groups in total. The smallest absolute Gasteiger partial charge is 0.335 e. The van der Waals surface area contributed by atoms with E-state index in [0.29, 0.717) is 44.1 Å². The van der Waals surface area contributed by atoms with Gasteiger partial charge in [-0.1, -0.05) is 43.1 Å². The van der Waals surface area contributed by atoms with Gasteiger partial charge in [0.05, 0.1) is 33.0 Å². The molecule has 216 valence electrons. The largest absolute Gasteiger partial charge is 0.478 e. The number of nitrogens with one attached hydrogen (secondary N) is 1. The minimum Gasteiger partial charge on any atom is -0.478 e. The minimum atomic E-state index is -1.04. The molecule has 0 amide bonds. The van der Waals surface area contributed by atoms with E-state index in [4.69, 9.17) is 39.8 Å². The van der Waals surface area contributed by atoms with Gasteiger partial charge in [0, 0.05) is 30.5 Å². The summed E-state index contributed by atoms with van der Waals surface area (Å²) < 4.78 is 6.41. The molecule has 4 atom stereocenters. The predicted molar refractivity (Wildman–Crippen MR) is 171 cm³/mol. The summed E-state index contributed by atoms with van der Waals surface area (Å²) in [4.78, 5) is 20.6. The fourth-order valence-corrected chi connectivity index (χ4v) is 7.04. The molecular weight excluding hydrogens is 591 g/mol. The van der Waals surface area contributed by atoms with Crippen LogP contribution in [0.3, 0.4) is 0 Å². The number of hydrogen-bond acceptors (Lipinski definition) is 5. The Bertz CT molecular complexity index is 1640. The Kier molecular flexibility index (Phi) is 7.87. The van der Waals surface area contributed by atoms with Crippen molar-refractivity contribution in [3.8, 4) is 11.3 Å². The van der Waals surface area contributed by atoms with Crippen molar-refractivity contribution in [3.05, 3.63) is 100.0 Å². The Labute approximate surface area is 260 Å². The first-order valence-electron chi connectivity index (χ1n) is 13.9. The monoisotopic (exact) mass is 620 g/mol. The molecule has 2 saturated heterocycles. The fourth-order valence-electron chi connectivity index (χ4n) is 6.19. The van der Waals surface area contributed by atoms with Crippen LogP contribution in [0, 0.1) is 11.8 Å². The number of furan rings is 1. The number of aromatic carboxylic acids is 1. The SMILES string of the molecule is C[C@@H]1C[C@H](C)CN(c2ccc(N3C(=S)N[C@@H](c4ccccn4)[C@@H]3c3ccc(-c4cc(C(=O)O)ccc4Cl)o3)cc2Cl)C1. The zero-order valence-corrected chi connectivity index (χ0v) is 25.5. The number of piperidine rings is 1. The lowest BCUT2D eigenvalue weighted by Crippen LogP contribution is -2.38. The van der Waals surface area contributed by atoms with Gasteiger partial charge in [0.15, 0.2) is 5.11 Å². The highest BCUT2D eigenvalue weighted by Crippen LogP contribution is 2.45. The molecule has 0 aliphatic carbocycles. The number of anilines is 2. The maximum atomic E-state index is 11.6. The Morgan fingerprint density at radius 1 is 1.02 bits per heavy atom. The van der Waals surface area contributed by atoms with Gasteiger partial charge < -0.3 is 24.6 Å². The second-order valence-corrected chi connectivity index (χ2v) is 12.4. The molecule has 2 aliphatic rings. The third-order valence-electron chi connectivity index (χ3n) is 7.91. The van der Waals surface area contributed by atoms with Crippen molar-refractivity contribution in [3.63, 3.8) is 0 Å². The van der Waals surface area contributed by atoms with Crippen LogP contribution in [0.25, 0.3) is 11.3 Å². The van der Waals surface area contributed by atoms with Crippen LogP contribution in [-0.4, -0.2) is 34.3 Å². The van der Waals surface area contributed by atoms with Gasteiger partial charge in [0.25, 0.3) is 0 Å². The van der Waals surface area contributed by atoms with Crippen LogP contribution < -0.4 is 15.1 Å². The van der Waals surface area contributed by atoms with Crippen LogP contribution in [0.5, 0.6) is 0 Å². The summed E-state index contributed by atoms with van der Waals surface area (Å²) in [6.45, 7) is 6.51. The maximum absolute atomic E-state index is 11.6. The van der Waals surface area contributed by atoms with E-state index >= 15 is 0 Å². The van der Waals surface area contributed by atoms with Crippen molar-refractivity contribution >= 4 is 57.9 Å². The summed E-state index contributed by atoms with van der Waals surface area (Å²) >= 11 is 19.3. The van der Waals surface area contributed by atoms with Crippen LogP contribution in [0.4, 0.5) is 11.4 Å². The number of aromatic nitrogens is 1. The predicted octanol–water partition coefficient (Wildman–Crippen LogP) is 8.01. The molecule has 2 aromatic heterocycles. The Balaban J connectivity index is 1.40. The highest BCUT2D eigenvalue weighted by atomic mass is 35.5. The summed E-state index contributed by atoms with van der Waals surface area (Å²) in [6.07, 6.45) is 2.96. The maximum Gasteiger partial charge on any atom is 0.335 e. The molecule has 2 aliphatic heterocycles. The van der Waals surface area contributed by atoms with Crippen LogP contribution in [0.1, 0.15) is 54.2 Å². The van der Waals surface area contributed by atoms with Crippen molar-refractivity contribution in [2.75, 3.05) is 22.9 Å². The molecular formula is C32H30Cl2N4O3S. The zero-order chi connectivity index (χ0) is 29.5. The van der Waals surface area contributed by atoms with Gasteiger partial charge in [-0.2, -0.15) is 0 Å². The third kappa shape index (κ3) is 5.46. The number of nitrogens with zero attached hydrogens (tertiary/aromatic N) is 3.